The van der Waals surface area contributed by atoms with E-state index in [4.69, 9.17) is 10.5 Å². The molecule has 0 radical (unpaired) electrons. The number of alkyl carbamates (subject to hydrolysis) is 1. The molecule has 0 heterocycles. The zero-order valence-corrected chi connectivity index (χ0v) is 23.2. The van der Waals surface area contributed by atoms with Gasteiger partial charge in [-0.25, -0.2) is 4.79 Å². The largest absolute Gasteiger partial charge is 0.444 e. The highest BCUT2D eigenvalue weighted by Crippen LogP contribution is 2.21. The lowest BCUT2D eigenvalue weighted by Gasteiger charge is -2.29. The first-order chi connectivity index (χ1) is 19.0. The molecule has 0 unspecified atom stereocenters. The molecule has 0 spiro atoms. The molecule has 0 aliphatic heterocycles. The van der Waals surface area contributed by atoms with Crippen LogP contribution in [0.5, 0.6) is 0 Å². The molecule has 5 N–H and O–H groups in total. The van der Waals surface area contributed by atoms with E-state index in [2.05, 4.69) is 10.6 Å². The van der Waals surface area contributed by atoms with E-state index in [1.165, 1.54) is 0 Å². The minimum atomic E-state index is -1.10. The van der Waals surface area contributed by atoms with Crippen LogP contribution in [0, 0.1) is 5.92 Å². The normalized spacial score (nSPS) is 14.3. The third-order valence-electron chi connectivity index (χ3n) is 6.39. The SMILES string of the molecule is CC(C)(C)OC(=O)N[C@@H](Cc1ccccc1)[C@@H](O)C[C@H](Cc1ccccc1)C(=O)N[C@H](C(N)=O)c1ccccc1. The summed E-state index contributed by atoms with van der Waals surface area (Å²) in [5.41, 5.74) is 7.29. The summed E-state index contributed by atoms with van der Waals surface area (Å²) < 4.78 is 5.44. The van der Waals surface area contributed by atoms with Crippen LogP contribution in [0.25, 0.3) is 0 Å². The monoisotopic (exact) mass is 545 g/mol. The number of ether oxygens (including phenoxy) is 1. The number of aliphatic hydroxyl groups is 1. The molecule has 3 amide bonds. The second-order valence-electron chi connectivity index (χ2n) is 10.9. The average molecular weight is 546 g/mol. The van der Waals surface area contributed by atoms with Gasteiger partial charge in [0.05, 0.1) is 12.1 Å². The highest BCUT2D eigenvalue weighted by Gasteiger charge is 2.32. The second-order valence-corrected chi connectivity index (χ2v) is 10.9. The summed E-state index contributed by atoms with van der Waals surface area (Å²) in [6.07, 6.45) is -1.09. The third kappa shape index (κ3) is 9.85. The molecule has 0 aliphatic carbocycles. The van der Waals surface area contributed by atoms with E-state index in [1.807, 2.05) is 66.7 Å². The van der Waals surface area contributed by atoms with Gasteiger partial charge in [-0.2, -0.15) is 0 Å². The van der Waals surface area contributed by atoms with Gasteiger partial charge in [0.1, 0.15) is 11.6 Å². The van der Waals surface area contributed by atoms with Crippen LogP contribution in [0.1, 0.15) is 49.9 Å². The Morgan fingerprint density at radius 3 is 1.80 bits per heavy atom. The van der Waals surface area contributed by atoms with Crippen molar-refractivity contribution in [2.75, 3.05) is 0 Å². The number of benzene rings is 3. The number of rotatable bonds is 12. The summed E-state index contributed by atoms with van der Waals surface area (Å²) in [5, 5.41) is 17.0. The predicted molar refractivity (Wildman–Crippen MR) is 154 cm³/mol. The molecular formula is C32H39N3O5. The first-order valence-corrected chi connectivity index (χ1v) is 13.4. The van der Waals surface area contributed by atoms with Crippen LogP contribution in [0.15, 0.2) is 91.0 Å². The van der Waals surface area contributed by atoms with Crippen molar-refractivity contribution in [2.45, 2.75) is 63.8 Å². The predicted octanol–water partition coefficient (Wildman–Crippen LogP) is 4.08. The van der Waals surface area contributed by atoms with Gasteiger partial charge < -0.3 is 26.2 Å². The van der Waals surface area contributed by atoms with Crippen LogP contribution in [0.4, 0.5) is 4.79 Å². The van der Waals surface area contributed by atoms with E-state index in [9.17, 15) is 19.5 Å². The Labute approximate surface area is 235 Å². The lowest BCUT2D eigenvalue weighted by molar-refractivity contribution is -0.130. The van der Waals surface area contributed by atoms with Crippen molar-refractivity contribution in [1.29, 1.82) is 0 Å². The molecule has 0 saturated carbocycles. The van der Waals surface area contributed by atoms with Gasteiger partial charge in [0.25, 0.3) is 0 Å². The Morgan fingerprint density at radius 1 is 0.800 bits per heavy atom. The summed E-state index contributed by atoms with van der Waals surface area (Å²) in [6, 6.07) is 25.9. The van der Waals surface area contributed by atoms with Crippen molar-refractivity contribution in [2.24, 2.45) is 11.7 Å². The summed E-state index contributed by atoms with van der Waals surface area (Å²) in [6.45, 7) is 5.28. The number of hydrogen-bond acceptors (Lipinski definition) is 5. The summed E-state index contributed by atoms with van der Waals surface area (Å²) in [4.78, 5) is 38.6. The van der Waals surface area contributed by atoms with Gasteiger partial charge in [0.2, 0.25) is 11.8 Å². The van der Waals surface area contributed by atoms with Crippen LogP contribution in [-0.4, -0.2) is 40.8 Å². The van der Waals surface area contributed by atoms with Gasteiger partial charge in [-0.05, 0) is 56.7 Å². The standard InChI is InChI=1S/C32H39N3O5/c1-32(2,3)40-31(39)34-26(20-23-15-9-5-10-16-23)27(36)21-25(19-22-13-7-4-8-14-22)30(38)35-28(29(33)37)24-17-11-6-12-18-24/h4-18,25-28,36H,19-21H2,1-3H3,(H2,33,37)(H,34,39)(H,35,38)/t25-,26-,27-,28-/m0/s1. The Morgan fingerprint density at radius 2 is 1.30 bits per heavy atom. The number of carbonyl (C=O) groups excluding carboxylic acids is 3. The Bertz CT molecular complexity index is 1230. The molecule has 8 heteroatoms. The lowest BCUT2D eigenvalue weighted by atomic mass is 9.88. The van der Waals surface area contributed by atoms with E-state index in [0.29, 0.717) is 18.4 Å². The summed E-state index contributed by atoms with van der Waals surface area (Å²) in [7, 11) is 0. The van der Waals surface area contributed by atoms with Gasteiger partial charge in [0.15, 0.2) is 0 Å². The number of carbonyl (C=O) groups is 3. The Kier molecular flexibility index (Phi) is 10.8. The van der Waals surface area contributed by atoms with Crippen molar-refractivity contribution < 1.29 is 24.2 Å². The number of amides is 3. The Balaban J connectivity index is 1.85. The molecule has 0 aromatic heterocycles. The fourth-order valence-corrected chi connectivity index (χ4v) is 4.47. The fraction of sp³-hybridized carbons (Fsp3) is 0.344. The third-order valence-corrected chi connectivity index (χ3v) is 6.39. The summed E-state index contributed by atoms with van der Waals surface area (Å²) in [5.74, 6) is -1.83. The molecule has 3 aromatic carbocycles. The van der Waals surface area contributed by atoms with Crippen molar-refractivity contribution >= 4 is 17.9 Å². The van der Waals surface area contributed by atoms with E-state index >= 15 is 0 Å². The van der Waals surface area contributed by atoms with E-state index in [1.54, 1.807) is 45.0 Å². The van der Waals surface area contributed by atoms with E-state index < -0.39 is 47.6 Å². The van der Waals surface area contributed by atoms with Crippen LogP contribution >= 0.6 is 0 Å². The zero-order valence-electron chi connectivity index (χ0n) is 23.2. The molecule has 8 nitrogen and oxygen atoms in total. The molecule has 0 saturated heterocycles. The maximum absolute atomic E-state index is 13.6. The Hall–Kier alpha value is -4.17. The van der Waals surface area contributed by atoms with E-state index in [-0.39, 0.29) is 6.42 Å². The summed E-state index contributed by atoms with van der Waals surface area (Å²) >= 11 is 0. The number of aliphatic hydroxyl groups excluding tert-OH is 1. The first-order valence-electron chi connectivity index (χ1n) is 13.4. The van der Waals surface area contributed by atoms with Crippen LogP contribution in [-0.2, 0) is 27.2 Å². The fourth-order valence-electron chi connectivity index (χ4n) is 4.47. The van der Waals surface area contributed by atoms with Gasteiger partial charge in [-0.3, -0.25) is 9.59 Å². The lowest BCUT2D eigenvalue weighted by Crippen LogP contribution is -2.49. The highest BCUT2D eigenvalue weighted by molar-refractivity contribution is 5.88. The van der Waals surface area contributed by atoms with Gasteiger partial charge in [0, 0.05) is 5.92 Å². The van der Waals surface area contributed by atoms with E-state index in [0.717, 1.165) is 11.1 Å². The van der Waals surface area contributed by atoms with Gasteiger partial charge >= 0.3 is 6.09 Å². The smallest absolute Gasteiger partial charge is 0.407 e. The molecule has 40 heavy (non-hydrogen) atoms. The number of nitrogens with one attached hydrogen (secondary N) is 2. The molecule has 0 bridgehead atoms. The minimum absolute atomic E-state index is 0.0221. The molecule has 3 rings (SSSR count). The van der Waals surface area contributed by atoms with Crippen LogP contribution in [0.2, 0.25) is 0 Å². The molecule has 0 fully saturated rings. The molecular weight excluding hydrogens is 506 g/mol. The number of primary amides is 1. The number of nitrogens with two attached hydrogens (primary N) is 1. The topological polar surface area (TPSA) is 131 Å². The van der Waals surface area contributed by atoms with Crippen molar-refractivity contribution in [3.05, 3.63) is 108 Å². The minimum Gasteiger partial charge on any atom is -0.444 e. The maximum atomic E-state index is 13.6. The molecule has 212 valence electrons. The average Bonchev–Trinajstić information content (AvgIpc) is 2.91. The van der Waals surface area contributed by atoms with Gasteiger partial charge in [-0.1, -0.05) is 91.0 Å². The first kappa shape index (κ1) is 30.4. The van der Waals surface area contributed by atoms with Crippen LogP contribution < -0.4 is 16.4 Å². The van der Waals surface area contributed by atoms with Gasteiger partial charge in [-0.15, -0.1) is 0 Å². The van der Waals surface area contributed by atoms with Crippen molar-refractivity contribution in [1.82, 2.24) is 10.6 Å². The molecule has 3 aromatic rings. The quantitative estimate of drug-likeness (QED) is 0.273. The molecule has 0 aliphatic rings. The zero-order chi connectivity index (χ0) is 29.1. The van der Waals surface area contributed by atoms with Crippen molar-refractivity contribution in [3.8, 4) is 0 Å². The second kappa shape index (κ2) is 14.3. The highest BCUT2D eigenvalue weighted by atomic mass is 16.6. The maximum Gasteiger partial charge on any atom is 0.407 e. The van der Waals surface area contributed by atoms with Crippen molar-refractivity contribution in [3.63, 3.8) is 0 Å². The number of hydrogen-bond donors (Lipinski definition) is 4. The molecule has 4 atom stereocenters. The van der Waals surface area contributed by atoms with Crippen LogP contribution in [0.3, 0.4) is 0 Å².